The fourth-order valence-electron chi connectivity index (χ4n) is 2.59. The lowest BCUT2D eigenvalue weighted by molar-refractivity contribution is 0.0456. The van der Waals surface area contributed by atoms with E-state index in [-0.39, 0.29) is 0 Å². The molecule has 1 saturated carbocycles. The van der Waals surface area contributed by atoms with Crippen molar-refractivity contribution < 1.29 is 9.47 Å². The zero-order chi connectivity index (χ0) is 13.6. The van der Waals surface area contributed by atoms with Gasteiger partial charge in [-0.25, -0.2) is 0 Å². The standard InChI is InChI=1S/C18H20O2/c1-2-10-17(11-3-1)20-18-12-6-7-15(13-18)14-19-16-8-4-5-9-16/h1-3,6-7,10-13,16H,4-5,8-9,14H2. The molecule has 0 heterocycles. The minimum atomic E-state index is 0.452. The number of para-hydroxylation sites is 1. The maximum absolute atomic E-state index is 5.94. The molecule has 0 radical (unpaired) electrons. The quantitative estimate of drug-likeness (QED) is 0.764. The molecule has 0 amide bonds. The van der Waals surface area contributed by atoms with Crippen LogP contribution in [0.15, 0.2) is 54.6 Å². The van der Waals surface area contributed by atoms with E-state index in [2.05, 4.69) is 12.1 Å². The molecular weight excluding hydrogens is 248 g/mol. The van der Waals surface area contributed by atoms with Crippen LogP contribution in [0.3, 0.4) is 0 Å². The van der Waals surface area contributed by atoms with E-state index in [1.54, 1.807) is 0 Å². The van der Waals surface area contributed by atoms with Gasteiger partial charge in [0.25, 0.3) is 0 Å². The van der Waals surface area contributed by atoms with Gasteiger partial charge in [0, 0.05) is 0 Å². The Morgan fingerprint density at radius 3 is 2.40 bits per heavy atom. The van der Waals surface area contributed by atoms with Gasteiger partial charge in [-0.05, 0) is 42.7 Å². The highest BCUT2D eigenvalue weighted by Crippen LogP contribution is 2.24. The summed E-state index contributed by atoms with van der Waals surface area (Å²) in [6.45, 7) is 0.677. The summed E-state index contributed by atoms with van der Waals surface area (Å²) in [6, 6.07) is 18.0. The van der Waals surface area contributed by atoms with Gasteiger partial charge >= 0.3 is 0 Å². The van der Waals surface area contributed by atoms with Gasteiger partial charge in [-0.1, -0.05) is 43.2 Å². The Balaban J connectivity index is 1.60. The normalized spacial score (nSPS) is 15.4. The van der Waals surface area contributed by atoms with Gasteiger partial charge in [-0.15, -0.1) is 0 Å². The van der Waals surface area contributed by atoms with Crippen molar-refractivity contribution in [2.24, 2.45) is 0 Å². The Labute approximate surface area is 120 Å². The Morgan fingerprint density at radius 1 is 0.850 bits per heavy atom. The predicted molar refractivity (Wildman–Crippen MR) is 80.0 cm³/mol. The van der Waals surface area contributed by atoms with Crippen LogP contribution in [-0.2, 0) is 11.3 Å². The fraction of sp³-hybridized carbons (Fsp3) is 0.333. The molecule has 2 heteroatoms. The fourth-order valence-corrected chi connectivity index (χ4v) is 2.59. The van der Waals surface area contributed by atoms with Crippen molar-refractivity contribution in [1.29, 1.82) is 0 Å². The molecule has 0 spiro atoms. The van der Waals surface area contributed by atoms with Gasteiger partial charge in [0.1, 0.15) is 11.5 Å². The van der Waals surface area contributed by atoms with Crippen LogP contribution in [0.1, 0.15) is 31.2 Å². The summed E-state index contributed by atoms with van der Waals surface area (Å²) in [7, 11) is 0. The zero-order valence-electron chi connectivity index (χ0n) is 11.6. The first-order valence-electron chi connectivity index (χ1n) is 7.33. The van der Waals surface area contributed by atoms with Crippen LogP contribution < -0.4 is 4.74 Å². The Bertz CT molecular complexity index is 530. The van der Waals surface area contributed by atoms with Crippen LogP contribution in [0.2, 0.25) is 0 Å². The number of benzene rings is 2. The summed E-state index contributed by atoms with van der Waals surface area (Å²) in [5.74, 6) is 1.73. The van der Waals surface area contributed by atoms with Crippen LogP contribution in [0.4, 0.5) is 0 Å². The van der Waals surface area contributed by atoms with Gasteiger partial charge in [-0.3, -0.25) is 0 Å². The lowest BCUT2D eigenvalue weighted by Gasteiger charge is -2.12. The third-order valence-corrected chi connectivity index (χ3v) is 3.67. The monoisotopic (exact) mass is 268 g/mol. The van der Waals surface area contributed by atoms with Gasteiger partial charge < -0.3 is 9.47 Å². The van der Waals surface area contributed by atoms with Crippen LogP contribution in [0.25, 0.3) is 0 Å². The van der Waals surface area contributed by atoms with Crippen LogP contribution in [0, 0.1) is 0 Å². The summed E-state index contributed by atoms with van der Waals surface area (Å²) in [5, 5.41) is 0. The third kappa shape index (κ3) is 3.61. The Kier molecular flexibility index (Phi) is 4.34. The third-order valence-electron chi connectivity index (χ3n) is 3.67. The minimum Gasteiger partial charge on any atom is -0.457 e. The van der Waals surface area contributed by atoms with E-state index in [9.17, 15) is 0 Å². The zero-order valence-corrected chi connectivity index (χ0v) is 11.6. The summed E-state index contributed by atoms with van der Waals surface area (Å²) in [4.78, 5) is 0. The van der Waals surface area contributed by atoms with Gasteiger partial charge in [-0.2, -0.15) is 0 Å². The van der Waals surface area contributed by atoms with Crippen molar-refractivity contribution in [3.63, 3.8) is 0 Å². The molecule has 0 aliphatic heterocycles. The van der Waals surface area contributed by atoms with E-state index >= 15 is 0 Å². The summed E-state index contributed by atoms with van der Waals surface area (Å²) in [5.41, 5.74) is 1.17. The first-order chi connectivity index (χ1) is 9.90. The van der Waals surface area contributed by atoms with E-state index in [1.165, 1.54) is 31.2 Å². The highest BCUT2D eigenvalue weighted by Gasteiger charge is 2.15. The number of hydrogen-bond acceptors (Lipinski definition) is 2. The molecule has 0 atom stereocenters. The van der Waals surface area contributed by atoms with E-state index < -0.39 is 0 Å². The molecule has 3 rings (SSSR count). The van der Waals surface area contributed by atoms with Crippen LogP contribution in [-0.4, -0.2) is 6.10 Å². The smallest absolute Gasteiger partial charge is 0.127 e. The SMILES string of the molecule is c1ccc(Oc2cccc(COC3CCCC3)c2)cc1. The lowest BCUT2D eigenvalue weighted by Crippen LogP contribution is -2.07. The summed E-state index contributed by atoms with van der Waals surface area (Å²) >= 11 is 0. The van der Waals surface area contributed by atoms with Crippen molar-refractivity contribution in [2.45, 2.75) is 38.4 Å². The lowest BCUT2D eigenvalue weighted by atomic mass is 10.2. The van der Waals surface area contributed by atoms with Crippen LogP contribution in [0.5, 0.6) is 11.5 Å². The first kappa shape index (κ1) is 13.2. The molecule has 1 aliphatic rings. The number of ether oxygens (including phenoxy) is 2. The van der Waals surface area contributed by atoms with Gasteiger partial charge in [0.15, 0.2) is 0 Å². The minimum absolute atomic E-state index is 0.452. The molecule has 0 bridgehead atoms. The first-order valence-corrected chi connectivity index (χ1v) is 7.33. The van der Waals surface area contributed by atoms with Crippen molar-refractivity contribution in [3.05, 3.63) is 60.2 Å². The molecule has 20 heavy (non-hydrogen) atoms. The maximum Gasteiger partial charge on any atom is 0.127 e. The molecule has 0 saturated heterocycles. The maximum atomic E-state index is 5.94. The number of hydrogen-bond donors (Lipinski definition) is 0. The summed E-state index contributed by atoms with van der Waals surface area (Å²) < 4.78 is 11.8. The van der Waals surface area contributed by atoms with Crippen molar-refractivity contribution >= 4 is 0 Å². The summed E-state index contributed by atoms with van der Waals surface area (Å²) in [6.07, 6.45) is 5.48. The van der Waals surface area contributed by atoms with E-state index in [0.717, 1.165) is 11.5 Å². The largest absolute Gasteiger partial charge is 0.457 e. The second kappa shape index (κ2) is 6.58. The van der Waals surface area contributed by atoms with E-state index in [4.69, 9.17) is 9.47 Å². The second-order valence-electron chi connectivity index (χ2n) is 5.28. The van der Waals surface area contributed by atoms with E-state index in [0.29, 0.717) is 12.7 Å². The van der Waals surface area contributed by atoms with E-state index in [1.807, 2.05) is 42.5 Å². The molecule has 2 aromatic rings. The molecular formula is C18H20O2. The molecule has 2 aromatic carbocycles. The molecule has 1 fully saturated rings. The molecule has 1 aliphatic carbocycles. The molecule has 104 valence electrons. The van der Waals surface area contributed by atoms with Gasteiger partial charge in [0.2, 0.25) is 0 Å². The van der Waals surface area contributed by atoms with Crippen molar-refractivity contribution in [2.75, 3.05) is 0 Å². The molecule has 0 unspecified atom stereocenters. The number of rotatable bonds is 5. The topological polar surface area (TPSA) is 18.5 Å². The van der Waals surface area contributed by atoms with Crippen molar-refractivity contribution in [1.82, 2.24) is 0 Å². The molecule has 0 N–H and O–H groups in total. The predicted octanol–water partition coefficient (Wildman–Crippen LogP) is 4.94. The average molecular weight is 268 g/mol. The highest BCUT2D eigenvalue weighted by molar-refractivity contribution is 5.33. The van der Waals surface area contributed by atoms with Gasteiger partial charge in [0.05, 0.1) is 12.7 Å². The average Bonchev–Trinajstić information content (AvgIpc) is 3.00. The highest BCUT2D eigenvalue weighted by atomic mass is 16.5. The molecule has 2 nitrogen and oxygen atoms in total. The molecule has 0 aromatic heterocycles. The second-order valence-corrected chi connectivity index (χ2v) is 5.28. The Morgan fingerprint density at radius 2 is 1.60 bits per heavy atom. The Hall–Kier alpha value is -1.80. The van der Waals surface area contributed by atoms with Crippen LogP contribution >= 0.6 is 0 Å². The van der Waals surface area contributed by atoms with Crippen molar-refractivity contribution in [3.8, 4) is 11.5 Å².